The highest BCUT2D eigenvalue weighted by atomic mass is 16.6. The zero-order chi connectivity index (χ0) is 51.0. The van der Waals surface area contributed by atoms with Gasteiger partial charge in [0.15, 0.2) is 0 Å². The maximum absolute atomic E-state index is 13.5. The van der Waals surface area contributed by atoms with Crippen molar-refractivity contribution in [2.45, 2.75) is 309 Å². The molecule has 2 atom stereocenters. The van der Waals surface area contributed by atoms with Gasteiger partial charge in [0.2, 0.25) is 0 Å². The lowest BCUT2D eigenvalue weighted by Crippen LogP contribution is -2.38. The summed E-state index contributed by atoms with van der Waals surface area (Å²) in [5.41, 5.74) is 0. The molecule has 1 heterocycles. The van der Waals surface area contributed by atoms with E-state index in [2.05, 4.69) is 43.2 Å². The van der Waals surface area contributed by atoms with Crippen LogP contribution in [0.3, 0.4) is 0 Å². The van der Waals surface area contributed by atoms with Gasteiger partial charge in [-0.25, -0.2) is 0 Å². The fourth-order valence-electron chi connectivity index (χ4n) is 9.77. The number of carbonyl (C=O) groups excluding carboxylic acids is 4. The van der Waals surface area contributed by atoms with E-state index in [1.807, 2.05) is 7.05 Å². The molecule has 0 unspecified atom stereocenters. The third-order valence-electron chi connectivity index (χ3n) is 14.2. The molecule has 70 heavy (non-hydrogen) atoms. The first-order valence-electron chi connectivity index (χ1n) is 30.1. The predicted octanol–water partition coefficient (Wildman–Crippen LogP) is 14.4. The summed E-state index contributed by atoms with van der Waals surface area (Å²) in [6, 6.07) is -0.460. The van der Waals surface area contributed by atoms with Crippen LogP contribution in [0.25, 0.3) is 0 Å². The number of carbonyl (C=O) groups is 4. The SMILES string of the molecule is CCCCCCCCC(CCCCCCCC)OC(=O)CCCCCCCOC(=O)[C@@H]1C[C@H](OC(=O)CCNCCNC)CN1CCCCCC(=O)OC(CCCCCCCC)CCCCCCCC. The molecular formula is C59H113N3O8. The lowest BCUT2D eigenvalue weighted by atomic mass is 10.0. The van der Waals surface area contributed by atoms with Crippen molar-refractivity contribution in [1.82, 2.24) is 15.5 Å². The van der Waals surface area contributed by atoms with Gasteiger partial charge in [0.1, 0.15) is 24.4 Å². The van der Waals surface area contributed by atoms with Gasteiger partial charge in [-0.15, -0.1) is 0 Å². The van der Waals surface area contributed by atoms with E-state index in [0.717, 1.165) is 116 Å². The van der Waals surface area contributed by atoms with E-state index in [4.69, 9.17) is 18.9 Å². The lowest BCUT2D eigenvalue weighted by molar-refractivity contribution is -0.151. The number of nitrogens with zero attached hydrogens (tertiary/aromatic N) is 1. The second-order valence-corrected chi connectivity index (χ2v) is 20.9. The van der Waals surface area contributed by atoms with Crippen LogP contribution in [-0.4, -0.2) is 99.5 Å². The van der Waals surface area contributed by atoms with Gasteiger partial charge in [-0.1, -0.05) is 182 Å². The minimum atomic E-state index is -0.460. The molecule has 1 aliphatic heterocycles. The quantitative estimate of drug-likeness (QED) is 0.0343. The van der Waals surface area contributed by atoms with Gasteiger partial charge in [-0.2, -0.15) is 0 Å². The van der Waals surface area contributed by atoms with Crippen molar-refractivity contribution in [3.05, 3.63) is 0 Å². The first-order chi connectivity index (χ1) is 34.3. The average Bonchev–Trinajstić information content (AvgIpc) is 3.75. The van der Waals surface area contributed by atoms with Crippen LogP contribution in [0.15, 0.2) is 0 Å². The Morgan fingerprint density at radius 1 is 0.471 bits per heavy atom. The topological polar surface area (TPSA) is 132 Å². The summed E-state index contributed by atoms with van der Waals surface area (Å²) >= 11 is 0. The third kappa shape index (κ3) is 39.3. The Morgan fingerprint density at radius 3 is 1.34 bits per heavy atom. The van der Waals surface area contributed by atoms with Crippen LogP contribution in [-0.2, 0) is 38.1 Å². The molecule has 1 aliphatic rings. The van der Waals surface area contributed by atoms with Crippen molar-refractivity contribution in [2.24, 2.45) is 0 Å². The minimum absolute atomic E-state index is 0.0256. The lowest BCUT2D eigenvalue weighted by Gasteiger charge is -2.22. The number of hydrogen-bond donors (Lipinski definition) is 2. The maximum Gasteiger partial charge on any atom is 0.323 e. The highest BCUT2D eigenvalue weighted by molar-refractivity contribution is 5.76. The van der Waals surface area contributed by atoms with Gasteiger partial charge in [-0.05, 0) is 90.6 Å². The first-order valence-corrected chi connectivity index (χ1v) is 30.1. The molecule has 1 rings (SSSR count). The number of esters is 4. The Kier molecular flexibility index (Phi) is 46.0. The predicted molar refractivity (Wildman–Crippen MR) is 290 cm³/mol. The van der Waals surface area contributed by atoms with E-state index in [0.29, 0.717) is 45.5 Å². The number of hydrogen-bond acceptors (Lipinski definition) is 11. The smallest absolute Gasteiger partial charge is 0.323 e. The number of likely N-dealkylation sites (tertiary alicyclic amines) is 1. The molecular weight excluding hydrogens is 879 g/mol. The summed E-state index contributed by atoms with van der Waals surface area (Å²) in [5.74, 6) is -0.640. The first kappa shape index (κ1) is 65.8. The molecule has 0 aromatic heterocycles. The molecule has 412 valence electrons. The number of rotatable bonds is 52. The van der Waals surface area contributed by atoms with E-state index in [9.17, 15) is 19.2 Å². The maximum atomic E-state index is 13.5. The molecule has 0 spiro atoms. The molecule has 0 radical (unpaired) electrons. The standard InChI is InChI=1S/C59H113N3O8/c1-6-10-14-18-23-30-38-52(39-31-24-19-15-11-7-2)68-56(63)42-34-27-22-28-37-49-67-59(66)55-50-54(70-58(65)44-45-61-47-46-60-5)51-62(55)48-36-29-35-43-57(64)69-53(40-32-25-20-16-12-8-3)41-33-26-21-17-13-9-4/h52-55,60-61H,6-51H2,1-5H3/t54-,55-/m0/s1. The van der Waals surface area contributed by atoms with Crippen molar-refractivity contribution >= 4 is 23.9 Å². The fourth-order valence-corrected chi connectivity index (χ4v) is 9.77. The Bertz CT molecular complexity index is 1190. The summed E-state index contributed by atoms with van der Waals surface area (Å²) in [6.07, 6.45) is 42.0. The zero-order valence-electron chi connectivity index (χ0n) is 46.5. The zero-order valence-corrected chi connectivity index (χ0v) is 46.5. The molecule has 0 saturated carbocycles. The van der Waals surface area contributed by atoms with Crippen LogP contribution < -0.4 is 10.6 Å². The Labute approximate surface area is 431 Å². The number of ether oxygens (including phenoxy) is 4. The molecule has 1 saturated heterocycles. The van der Waals surface area contributed by atoms with Gasteiger partial charge in [0.25, 0.3) is 0 Å². The Hall–Kier alpha value is -2.24. The van der Waals surface area contributed by atoms with Crippen LogP contribution in [0.5, 0.6) is 0 Å². The number of unbranched alkanes of at least 4 members (excludes halogenated alkanes) is 26. The van der Waals surface area contributed by atoms with E-state index in [1.54, 1.807) is 0 Å². The fraction of sp³-hybridized carbons (Fsp3) is 0.932. The molecule has 2 N–H and O–H groups in total. The summed E-state index contributed by atoms with van der Waals surface area (Å²) in [6.45, 7) is 12.7. The second-order valence-electron chi connectivity index (χ2n) is 20.9. The molecule has 0 aromatic rings. The monoisotopic (exact) mass is 992 g/mol. The molecule has 0 aliphatic carbocycles. The Balaban J connectivity index is 2.57. The van der Waals surface area contributed by atoms with Crippen LogP contribution in [0, 0.1) is 0 Å². The molecule has 1 fully saturated rings. The number of likely N-dealkylation sites (N-methyl/N-ethyl adjacent to an activating group) is 1. The molecule has 11 heteroatoms. The summed E-state index contributed by atoms with van der Waals surface area (Å²) in [7, 11) is 1.90. The van der Waals surface area contributed by atoms with Gasteiger partial charge in [-0.3, -0.25) is 24.1 Å². The van der Waals surface area contributed by atoms with Crippen molar-refractivity contribution in [3.63, 3.8) is 0 Å². The Morgan fingerprint density at radius 2 is 0.886 bits per heavy atom. The summed E-state index contributed by atoms with van der Waals surface area (Å²) < 4.78 is 23.9. The highest BCUT2D eigenvalue weighted by Gasteiger charge is 2.39. The van der Waals surface area contributed by atoms with E-state index < -0.39 is 6.04 Å². The number of nitrogens with one attached hydrogen (secondary N) is 2. The molecule has 0 aromatic carbocycles. The van der Waals surface area contributed by atoms with Crippen LogP contribution in [0.2, 0.25) is 0 Å². The van der Waals surface area contributed by atoms with Crippen molar-refractivity contribution in [1.29, 1.82) is 0 Å². The highest BCUT2D eigenvalue weighted by Crippen LogP contribution is 2.25. The molecule has 11 nitrogen and oxygen atoms in total. The summed E-state index contributed by atoms with van der Waals surface area (Å²) in [5, 5.41) is 6.34. The van der Waals surface area contributed by atoms with Crippen LogP contribution >= 0.6 is 0 Å². The third-order valence-corrected chi connectivity index (χ3v) is 14.2. The van der Waals surface area contributed by atoms with Gasteiger partial charge in [0, 0.05) is 45.4 Å². The van der Waals surface area contributed by atoms with E-state index >= 15 is 0 Å². The largest absolute Gasteiger partial charge is 0.465 e. The van der Waals surface area contributed by atoms with E-state index in [1.165, 1.54) is 128 Å². The minimum Gasteiger partial charge on any atom is -0.465 e. The van der Waals surface area contributed by atoms with Gasteiger partial charge >= 0.3 is 23.9 Å². The van der Waals surface area contributed by atoms with Gasteiger partial charge < -0.3 is 29.6 Å². The van der Waals surface area contributed by atoms with Crippen molar-refractivity contribution < 1.29 is 38.1 Å². The normalized spacial score (nSPS) is 15.0. The van der Waals surface area contributed by atoms with Crippen molar-refractivity contribution in [3.8, 4) is 0 Å². The molecule has 0 amide bonds. The average molecular weight is 993 g/mol. The second kappa shape index (κ2) is 49.0. The van der Waals surface area contributed by atoms with Crippen molar-refractivity contribution in [2.75, 3.05) is 46.4 Å². The van der Waals surface area contributed by atoms with E-state index in [-0.39, 0.29) is 48.6 Å². The van der Waals surface area contributed by atoms with Crippen LogP contribution in [0.4, 0.5) is 0 Å². The summed E-state index contributed by atoms with van der Waals surface area (Å²) in [4.78, 5) is 54.3. The van der Waals surface area contributed by atoms with Crippen LogP contribution in [0.1, 0.15) is 285 Å². The molecule has 0 bridgehead atoms. The van der Waals surface area contributed by atoms with Gasteiger partial charge in [0.05, 0.1) is 13.0 Å².